The summed E-state index contributed by atoms with van der Waals surface area (Å²) in [6.07, 6.45) is 11.8. The van der Waals surface area contributed by atoms with E-state index in [0.717, 1.165) is 64.2 Å². The molecule has 0 aromatic carbocycles. The third-order valence-electron chi connectivity index (χ3n) is 7.85. The average Bonchev–Trinajstić information content (AvgIpc) is 3.51. The Bertz CT molecular complexity index is 805. The van der Waals surface area contributed by atoms with Gasteiger partial charge in [0.1, 0.15) is 6.04 Å². The van der Waals surface area contributed by atoms with Crippen molar-refractivity contribution in [2.75, 3.05) is 32.8 Å². The van der Waals surface area contributed by atoms with Crippen LogP contribution in [0, 0.1) is 11.8 Å². The molecule has 0 aliphatic carbocycles. The second-order valence-electron chi connectivity index (χ2n) is 10.3. The van der Waals surface area contributed by atoms with Crippen LogP contribution in [0.3, 0.4) is 0 Å². The molecular weight excluding hydrogens is 476 g/mol. The lowest BCUT2D eigenvalue weighted by Gasteiger charge is -2.37. The van der Waals surface area contributed by atoms with Crippen LogP contribution in [-0.4, -0.2) is 81.6 Å². The van der Waals surface area contributed by atoms with Gasteiger partial charge in [-0.25, -0.2) is 0 Å². The summed E-state index contributed by atoms with van der Waals surface area (Å²) in [6.45, 7) is 11.7. The fraction of sp³-hybridized carbons (Fsp3) is 0.750. The van der Waals surface area contributed by atoms with Crippen LogP contribution < -0.4 is 0 Å². The Morgan fingerprint density at radius 2 is 1.97 bits per heavy atom. The van der Waals surface area contributed by atoms with Crippen molar-refractivity contribution in [3.8, 4) is 0 Å². The molecule has 0 aromatic heterocycles. The number of esters is 1. The van der Waals surface area contributed by atoms with Gasteiger partial charge in [0.15, 0.2) is 0 Å². The van der Waals surface area contributed by atoms with E-state index in [9.17, 15) is 14.4 Å². The smallest absolute Gasteiger partial charge is 0.310 e. The number of nitrogens with zero attached hydrogens (tertiary/aromatic N) is 2. The minimum atomic E-state index is -0.569. The first-order valence-corrected chi connectivity index (χ1v) is 14.6. The van der Waals surface area contributed by atoms with Crippen molar-refractivity contribution in [3.63, 3.8) is 0 Å². The maximum atomic E-state index is 14.1. The third-order valence-corrected chi connectivity index (χ3v) is 9.80. The summed E-state index contributed by atoms with van der Waals surface area (Å²) >= 11 is 1.69. The standard InChI is InChI=1S/C28H44N2O5S/c1-4-7-13-20-35-27(34)22-21-14-15-28(36-21)23(22)25(32)30(18-11-9-10-12-19-31)24(28)26(33)29(16-6-3)17-8-5-2/h4,6,21-24,31H,1,3,5,7-20H2,2H3/t21-,22+,23-,24?,28?/m0/s1. The zero-order valence-corrected chi connectivity index (χ0v) is 22.7. The molecule has 5 atom stereocenters. The Labute approximate surface area is 220 Å². The highest BCUT2D eigenvalue weighted by Gasteiger charge is 2.74. The van der Waals surface area contributed by atoms with Gasteiger partial charge in [-0.05, 0) is 44.9 Å². The summed E-state index contributed by atoms with van der Waals surface area (Å²) in [7, 11) is 0. The van der Waals surface area contributed by atoms with Crippen LogP contribution in [0.15, 0.2) is 25.3 Å². The summed E-state index contributed by atoms with van der Waals surface area (Å²) in [4.78, 5) is 44.9. The molecule has 2 unspecified atom stereocenters. The summed E-state index contributed by atoms with van der Waals surface area (Å²) in [5, 5.41) is 9.12. The molecule has 3 fully saturated rings. The van der Waals surface area contributed by atoms with Crippen LogP contribution in [0.1, 0.15) is 71.1 Å². The molecule has 0 radical (unpaired) electrons. The van der Waals surface area contributed by atoms with E-state index >= 15 is 0 Å². The van der Waals surface area contributed by atoms with Gasteiger partial charge in [-0.2, -0.15) is 0 Å². The van der Waals surface area contributed by atoms with Crippen LogP contribution >= 0.6 is 11.8 Å². The third kappa shape index (κ3) is 5.85. The predicted octanol–water partition coefficient (Wildman–Crippen LogP) is 3.95. The minimum Gasteiger partial charge on any atom is -0.465 e. The molecule has 8 heteroatoms. The molecule has 0 aromatic rings. The lowest BCUT2D eigenvalue weighted by Crippen LogP contribution is -2.55. The highest BCUT2D eigenvalue weighted by atomic mass is 32.2. The highest BCUT2D eigenvalue weighted by molar-refractivity contribution is 8.02. The van der Waals surface area contributed by atoms with Crippen LogP contribution in [0.25, 0.3) is 0 Å². The van der Waals surface area contributed by atoms with Gasteiger partial charge < -0.3 is 19.6 Å². The van der Waals surface area contributed by atoms with Crippen LogP contribution in [0.2, 0.25) is 0 Å². The molecular formula is C28H44N2O5S. The molecule has 202 valence electrons. The van der Waals surface area contributed by atoms with Crippen molar-refractivity contribution in [1.82, 2.24) is 9.80 Å². The van der Waals surface area contributed by atoms with Gasteiger partial charge in [-0.3, -0.25) is 14.4 Å². The predicted molar refractivity (Wildman–Crippen MR) is 143 cm³/mol. The van der Waals surface area contributed by atoms with E-state index in [1.807, 2.05) is 4.90 Å². The maximum Gasteiger partial charge on any atom is 0.310 e. The molecule has 3 aliphatic rings. The first kappa shape index (κ1) is 28.8. The van der Waals surface area contributed by atoms with E-state index in [4.69, 9.17) is 9.84 Å². The number of carbonyl (C=O) groups is 3. The Hall–Kier alpha value is -1.80. The molecule has 2 amide bonds. The van der Waals surface area contributed by atoms with Gasteiger partial charge in [0.2, 0.25) is 11.8 Å². The summed E-state index contributed by atoms with van der Waals surface area (Å²) in [6, 6.07) is -0.557. The van der Waals surface area contributed by atoms with Crippen molar-refractivity contribution in [2.24, 2.45) is 11.8 Å². The number of hydrogen-bond acceptors (Lipinski definition) is 6. The van der Waals surface area contributed by atoms with E-state index in [1.165, 1.54) is 0 Å². The number of amides is 2. The van der Waals surface area contributed by atoms with Crippen molar-refractivity contribution >= 4 is 29.5 Å². The number of aliphatic hydroxyl groups excluding tert-OH is 1. The van der Waals surface area contributed by atoms with Crippen LogP contribution in [-0.2, 0) is 19.1 Å². The van der Waals surface area contributed by atoms with Crippen molar-refractivity contribution in [2.45, 2.75) is 87.2 Å². The first-order valence-electron chi connectivity index (χ1n) is 13.7. The van der Waals surface area contributed by atoms with E-state index in [-0.39, 0.29) is 29.6 Å². The topological polar surface area (TPSA) is 87.2 Å². The normalized spacial score (nSPS) is 28.3. The second kappa shape index (κ2) is 13.7. The molecule has 7 nitrogen and oxygen atoms in total. The number of hydrogen-bond donors (Lipinski definition) is 1. The van der Waals surface area contributed by atoms with Gasteiger partial charge in [0, 0.05) is 31.5 Å². The quantitative estimate of drug-likeness (QED) is 0.178. The van der Waals surface area contributed by atoms with Gasteiger partial charge in [0.25, 0.3) is 0 Å². The Balaban J connectivity index is 1.86. The van der Waals surface area contributed by atoms with Gasteiger partial charge in [-0.1, -0.05) is 38.3 Å². The zero-order valence-electron chi connectivity index (χ0n) is 21.9. The lowest BCUT2D eigenvalue weighted by molar-refractivity contribution is -0.154. The van der Waals surface area contributed by atoms with Gasteiger partial charge >= 0.3 is 5.97 Å². The first-order chi connectivity index (χ1) is 17.5. The Morgan fingerprint density at radius 1 is 1.19 bits per heavy atom. The number of likely N-dealkylation sites (tertiary alicyclic amines) is 1. The molecule has 1 N–H and O–H groups in total. The summed E-state index contributed by atoms with van der Waals surface area (Å²) < 4.78 is 5.06. The van der Waals surface area contributed by atoms with E-state index in [2.05, 4.69) is 20.1 Å². The van der Waals surface area contributed by atoms with E-state index in [1.54, 1.807) is 28.8 Å². The fourth-order valence-corrected chi connectivity index (χ4v) is 8.36. The second-order valence-corrected chi connectivity index (χ2v) is 11.9. The number of rotatable bonds is 17. The zero-order chi connectivity index (χ0) is 26.1. The Kier molecular flexibility index (Phi) is 10.9. The maximum absolute atomic E-state index is 14.1. The number of unbranched alkanes of at least 4 members (excludes halogenated alkanes) is 5. The molecule has 3 rings (SSSR count). The largest absolute Gasteiger partial charge is 0.465 e. The molecule has 0 saturated carbocycles. The SMILES string of the molecule is C=CCCCOC(=O)[C@@H]1[C@@H]2CCC3(S2)C(C(=O)N(CC=C)CCCC)N(CCCCCCO)C(=O)[C@H]13. The highest BCUT2D eigenvalue weighted by Crippen LogP contribution is 2.66. The molecule has 1 spiro atoms. The lowest BCUT2D eigenvalue weighted by atomic mass is 9.71. The monoisotopic (exact) mass is 520 g/mol. The van der Waals surface area contributed by atoms with Crippen LogP contribution in [0.5, 0.6) is 0 Å². The number of allylic oxidation sites excluding steroid dienone is 1. The van der Waals surface area contributed by atoms with Crippen molar-refractivity contribution in [1.29, 1.82) is 0 Å². The number of fused-ring (bicyclic) bond motifs is 1. The van der Waals surface area contributed by atoms with Crippen molar-refractivity contribution in [3.05, 3.63) is 25.3 Å². The molecule has 3 aliphatic heterocycles. The minimum absolute atomic E-state index is 0.0114. The Morgan fingerprint density at radius 3 is 2.67 bits per heavy atom. The number of aliphatic hydroxyl groups is 1. The molecule has 3 saturated heterocycles. The van der Waals surface area contributed by atoms with E-state index in [0.29, 0.717) is 26.2 Å². The molecule has 2 bridgehead atoms. The summed E-state index contributed by atoms with van der Waals surface area (Å²) in [5.74, 6) is -1.36. The molecule has 36 heavy (non-hydrogen) atoms. The summed E-state index contributed by atoms with van der Waals surface area (Å²) in [5.41, 5.74) is 0. The number of thioether (sulfide) groups is 1. The fourth-order valence-electron chi connectivity index (χ4n) is 6.15. The molecule has 3 heterocycles. The number of ether oxygens (including phenoxy) is 1. The van der Waals surface area contributed by atoms with Gasteiger partial charge in [-0.15, -0.1) is 24.9 Å². The van der Waals surface area contributed by atoms with Crippen molar-refractivity contribution < 1.29 is 24.2 Å². The van der Waals surface area contributed by atoms with Gasteiger partial charge in [0.05, 0.1) is 23.2 Å². The number of carbonyl (C=O) groups excluding carboxylic acids is 3. The average molecular weight is 521 g/mol. The van der Waals surface area contributed by atoms with E-state index < -0.39 is 22.6 Å². The van der Waals surface area contributed by atoms with Crippen LogP contribution in [0.4, 0.5) is 0 Å².